The SMILES string of the molecule is Cc1nc(N2CCN(c3ccccc3)CC2)nc2c1ccc(=O)n2-c1ccc(C(=O)NCc2ccco2)cc1. The summed E-state index contributed by atoms with van der Waals surface area (Å²) in [6.45, 7) is 5.51. The molecule has 0 spiro atoms. The Balaban J connectivity index is 1.26. The van der Waals surface area contributed by atoms with Crippen molar-refractivity contribution < 1.29 is 9.21 Å². The Morgan fingerprint density at radius 2 is 1.59 bits per heavy atom. The highest BCUT2D eigenvalue weighted by molar-refractivity contribution is 5.94. The van der Waals surface area contributed by atoms with Crippen LogP contribution in [-0.4, -0.2) is 46.6 Å². The highest BCUT2D eigenvalue weighted by Gasteiger charge is 2.21. The molecule has 1 saturated heterocycles. The Morgan fingerprint density at radius 1 is 0.846 bits per heavy atom. The van der Waals surface area contributed by atoms with E-state index in [2.05, 4.69) is 39.4 Å². The summed E-state index contributed by atoms with van der Waals surface area (Å²) in [6, 6.07) is 24.2. The highest BCUT2D eigenvalue weighted by Crippen LogP contribution is 2.23. The zero-order valence-corrected chi connectivity index (χ0v) is 21.6. The van der Waals surface area contributed by atoms with E-state index in [1.54, 1.807) is 53.3 Å². The van der Waals surface area contributed by atoms with E-state index in [4.69, 9.17) is 14.4 Å². The van der Waals surface area contributed by atoms with Gasteiger partial charge in [0, 0.05) is 48.9 Å². The van der Waals surface area contributed by atoms with Gasteiger partial charge in [0.1, 0.15) is 5.76 Å². The first kappa shape index (κ1) is 24.4. The molecule has 1 amide bonds. The molecular formula is C30H28N6O3. The molecule has 0 bridgehead atoms. The van der Waals surface area contributed by atoms with Crippen LogP contribution in [0.1, 0.15) is 21.8 Å². The Hall–Kier alpha value is -4.92. The molecule has 0 saturated carbocycles. The van der Waals surface area contributed by atoms with Crippen molar-refractivity contribution in [2.45, 2.75) is 13.5 Å². The topological polar surface area (TPSA) is 96.5 Å². The van der Waals surface area contributed by atoms with Gasteiger partial charge in [-0.2, -0.15) is 4.98 Å². The van der Waals surface area contributed by atoms with Crippen LogP contribution in [0, 0.1) is 6.92 Å². The van der Waals surface area contributed by atoms with Crippen LogP contribution in [-0.2, 0) is 6.54 Å². The lowest BCUT2D eigenvalue weighted by molar-refractivity contribution is 0.0948. The molecule has 39 heavy (non-hydrogen) atoms. The van der Waals surface area contributed by atoms with Gasteiger partial charge in [0.2, 0.25) is 5.95 Å². The third kappa shape index (κ3) is 4.98. The fraction of sp³-hybridized carbons (Fsp3) is 0.200. The average Bonchev–Trinajstić information content (AvgIpc) is 3.50. The first-order valence-corrected chi connectivity index (χ1v) is 12.9. The second-order valence-corrected chi connectivity index (χ2v) is 9.47. The summed E-state index contributed by atoms with van der Waals surface area (Å²) in [6.07, 6.45) is 1.57. The number of benzene rings is 2. The summed E-state index contributed by atoms with van der Waals surface area (Å²) in [7, 11) is 0. The predicted octanol–water partition coefficient (Wildman–Crippen LogP) is 3.94. The molecule has 0 atom stereocenters. The zero-order valence-electron chi connectivity index (χ0n) is 21.6. The molecule has 1 aliphatic rings. The number of amides is 1. The van der Waals surface area contributed by atoms with Gasteiger partial charge in [-0.1, -0.05) is 18.2 Å². The number of carbonyl (C=O) groups is 1. The van der Waals surface area contributed by atoms with E-state index in [9.17, 15) is 9.59 Å². The third-order valence-electron chi connectivity index (χ3n) is 7.00. The summed E-state index contributed by atoms with van der Waals surface area (Å²) in [5.41, 5.74) is 3.48. The third-order valence-corrected chi connectivity index (χ3v) is 7.00. The van der Waals surface area contributed by atoms with Crippen LogP contribution in [0.3, 0.4) is 0 Å². The minimum atomic E-state index is -0.224. The molecule has 1 fully saturated rings. The fourth-order valence-electron chi connectivity index (χ4n) is 4.89. The summed E-state index contributed by atoms with van der Waals surface area (Å²) < 4.78 is 6.85. The number of hydrogen-bond donors (Lipinski definition) is 1. The quantitative estimate of drug-likeness (QED) is 0.362. The number of aromatic nitrogens is 3. The number of nitrogens with zero attached hydrogens (tertiary/aromatic N) is 5. The van der Waals surface area contributed by atoms with Crippen molar-refractivity contribution in [2.75, 3.05) is 36.0 Å². The number of para-hydroxylation sites is 1. The van der Waals surface area contributed by atoms with Gasteiger partial charge in [-0.3, -0.25) is 14.2 Å². The number of hydrogen-bond acceptors (Lipinski definition) is 7. The summed E-state index contributed by atoms with van der Waals surface area (Å²) in [5.74, 6) is 1.06. The molecule has 9 nitrogen and oxygen atoms in total. The van der Waals surface area contributed by atoms with Crippen molar-refractivity contribution in [3.63, 3.8) is 0 Å². The van der Waals surface area contributed by atoms with Crippen LogP contribution in [0.4, 0.5) is 11.6 Å². The Kier molecular flexibility index (Phi) is 6.54. The molecule has 1 aliphatic heterocycles. The van der Waals surface area contributed by atoms with Gasteiger partial charge in [-0.15, -0.1) is 0 Å². The van der Waals surface area contributed by atoms with E-state index in [-0.39, 0.29) is 11.5 Å². The second kappa shape index (κ2) is 10.4. The van der Waals surface area contributed by atoms with Gasteiger partial charge < -0.3 is 19.5 Å². The molecule has 4 heterocycles. The number of aryl methyl sites for hydroxylation is 1. The normalized spacial score (nSPS) is 13.6. The van der Waals surface area contributed by atoms with Crippen molar-refractivity contribution in [3.05, 3.63) is 112 Å². The molecule has 0 radical (unpaired) electrons. The largest absolute Gasteiger partial charge is 0.467 e. The maximum atomic E-state index is 13.1. The smallest absolute Gasteiger partial charge is 0.256 e. The number of nitrogens with one attached hydrogen (secondary N) is 1. The molecular weight excluding hydrogens is 492 g/mol. The zero-order chi connectivity index (χ0) is 26.8. The van der Waals surface area contributed by atoms with Crippen LogP contribution in [0.2, 0.25) is 0 Å². The van der Waals surface area contributed by atoms with E-state index >= 15 is 0 Å². The molecule has 1 N–H and O–H groups in total. The molecule has 0 aliphatic carbocycles. The van der Waals surface area contributed by atoms with E-state index in [1.165, 1.54) is 11.8 Å². The molecule has 196 valence electrons. The Labute approximate surface area is 225 Å². The first-order chi connectivity index (χ1) is 19.1. The molecule has 3 aromatic heterocycles. The van der Waals surface area contributed by atoms with Crippen LogP contribution in [0.25, 0.3) is 16.7 Å². The van der Waals surface area contributed by atoms with Crippen LogP contribution >= 0.6 is 0 Å². The number of pyridine rings is 1. The van der Waals surface area contributed by atoms with Crippen LogP contribution in [0.15, 0.2) is 94.3 Å². The standard InChI is InChI=1S/C30H28N6O3/c1-21-26-13-14-27(37)36(24-11-9-22(10-12-24)29(38)31-20-25-8-5-19-39-25)28(26)33-30(32-21)35-17-15-34(16-18-35)23-6-3-2-4-7-23/h2-14,19H,15-18,20H2,1H3,(H,31,38). The lowest BCUT2D eigenvalue weighted by atomic mass is 10.1. The monoisotopic (exact) mass is 520 g/mol. The van der Waals surface area contributed by atoms with Crippen LogP contribution in [0.5, 0.6) is 0 Å². The fourth-order valence-corrected chi connectivity index (χ4v) is 4.89. The van der Waals surface area contributed by atoms with Crippen LogP contribution < -0.4 is 20.7 Å². The number of rotatable bonds is 6. The van der Waals surface area contributed by atoms with E-state index in [0.717, 1.165) is 37.3 Å². The second-order valence-electron chi connectivity index (χ2n) is 9.47. The molecule has 9 heteroatoms. The van der Waals surface area contributed by atoms with Crippen molar-refractivity contribution in [1.29, 1.82) is 0 Å². The van der Waals surface area contributed by atoms with E-state index in [0.29, 0.717) is 35.2 Å². The minimum Gasteiger partial charge on any atom is -0.467 e. The molecule has 0 unspecified atom stereocenters. The van der Waals surface area contributed by atoms with Crippen molar-refractivity contribution in [2.24, 2.45) is 0 Å². The molecule has 5 aromatic rings. The Morgan fingerprint density at radius 3 is 2.31 bits per heavy atom. The molecule has 6 rings (SSSR count). The number of carbonyl (C=O) groups excluding carboxylic acids is 1. The van der Waals surface area contributed by atoms with Gasteiger partial charge in [-0.05, 0) is 61.5 Å². The van der Waals surface area contributed by atoms with Gasteiger partial charge in [0.25, 0.3) is 11.5 Å². The van der Waals surface area contributed by atoms with Gasteiger partial charge in [0.15, 0.2) is 5.65 Å². The minimum absolute atomic E-state index is 0.199. The number of furan rings is 1. The maximum absolute atomic E-state index is 13.1. The summed E-state index contributed by atoms with van der Waals surface area (Å²) in [5, 5.41) is 3.64. The number of anilines is 2. The van der Waals surface area contributed by atoms with Crippen molar-refractivity contribution in [3.8, 4) is 5.69 Å². The van der Waals surface area contributed by atoms with Gasteiger partial charge in [-0.25, -0.2) is 4.98 Å². The molecule has 2 aromatic carbocycles. The maximum Gasteiger partial charge on any atom is 0.256 e. The Bertz CT molecular complexity index is 1660. The van der Waals surface area contributed by atoms with Crippen molar-refractivity contribution >= 4 is 28.6 Å². The van der Waals surface area contributed by atoms with Gasteiger partial charge in [0.05, 0.1) is 24.2 Å². The summed E-state index contributed by atoms with van der Waals surface area (Å²) >= 11 is 0. The van der Waals surface area contributed by atoms with Gasteiger partial charge >= 0.3 is 0 Å². The van der Waals surface area contributed by atoms with E-state index in [1.807, 2.05) is 13.0 Å². The number of fused-ring (bicyclic) bond motifs is 1. The number of piperazine rings is 1. The predicted molar refractivity (Wildman–Crippen MR) is 151 cm³/mol. The first-order valence-electron chi connectivity index (χ1n) is 12.9. The van der Waals surface area contributed by atoms with Crippen molar-refractivity contribution in [1.82, 2.24) is 19.9 Å². The van der Waals surface area contributed by atoms with E-state index < -0.39 is 0 Å². The highest BCUT2D eigenvalue weighted by atomic mass is 16.3. The lowest BCUT2D eigenvalue weighted by Crippen LogP contribution is -2.47. The average molecular weight is 521 g/mol. The lowest BCUT2D eigenvalue weighted by Gasteiger charge is -2.36. The summed E-state index contributed by atoms with van der Waals surface area (Å²) in [4.78, 5) is 39.9.